The molecule has 7 heteroatoms. The second-order valence-corrected chi connectivity index (χ2v) is 5.18. The number of amides is 1. The topological polar surface area (TPSA) is 99.5 Å². The summed E-state index contributed by atoms with van der Waals surface area (Å²) in [5.74, 6) is -1.47. The fourth-order valence-corrected chi connectivity index (χ4v) is 2.64. The van der Waals surface area contributed by atoms with E-state index in [9.17, 15) is 14.7 Å². The van der Waals surface area contributed by atoms with Crippen LogP contribution in [-0.2, 0) is 0 Å². The fraction of sp³-hybridized carbons (Fsp3) is 0.545. The van der Waals surface area contributed by atoms with Crippen molar-refractivity contribution in [3.63, 3.8) is 0 Å². The number of carbonyl (C=O) groups is 2. The van der Waals surface area contributed by atoms with E-state index in [2.05, 4.69) is 10.3 Å². The van der Waals surface area contributed by atoms with Crippen LogP contribution in [0.5, 0.6) is 0 Å². The van der Waals surface area contributed by atoms with Gasteiger partial charge in [0.15, 0.2) is 10.7 Å². The molecule has 0 aliphatic heterocycles. The van der Waals surface area contributed by atoms with E-state index in [1.807, 2.05) is 0 Å². The second kappa shape index (κ2) is 5.45. The Morgan fingerprint density at radius 3 is 2.56 bits per heavy atom. The van der Waals surface area contributed by atoms with E-state index in [0.29, 0.717) is 12.8 Å². The van der Waals surface area contributed by atoms with Gasteiger partial charge in [-0.05, 0) is 25.7 Å². The highest BCUT2D eigenvalue weighted by Crippen LogP contribution is 2.19. The van der Waals surface area contributed by atoms with E-state index in [1.165, 1.54) is 5.38 Å². The second-order valence-electron chi connectivity index (χ2n) is 4.32. The quantitative estimate of drug-likeness (QED) is 0.757. The number of carboxylic acid groups (broad SMARTS) is 1. The smallest absolute Gasteiger partial charge is 0.355 e. The molecule has 6 nitrogen and oxygen atoms in total. The molecule has 1 aromatic heterocycles. The van der Waals surface area contributed by atoms with Crippen LogP contribution in [0, 0.1) is 0 Å². The molecule has 0 aromatic carbocycles. The van der Waals surface area contributed by atoms with Gasteiger partial charge in [-0.15, -0.1) is 11.3 Å². The number of rotatable bonds is 3. The summed E-state index contributed by atoms with van der Waals surface area (Å²) < 4.78 is 0. The van der Waals surface area contributed by atoms with E-state index in [1.54, 1.807) is 0 Å². The number of hydrogen-bond donors (Lipinski definition) is 3. The third kappa shape index (κ3) is 3.05. The zero-order chi connectivity index (χ0) is 13.1. The van der Waals surface area contributed by atoms with Gasteiger partial charge in [0.1, 0.15) is 0 Å². The Balaban J connectivity index is 1.93. The summed E-state index contributed by atoms with van der Waals surface area (Å²) in [6, 6.07) is 0.0399. The Morgan fingerprint density at radius 2 is 2.00 bits per heavy atom. The van der Waals surface area contributed by atoms with Gasteiger partial charge < -0.3 is 15.5 Å². The third-order valence-corrected chi connectivity index (χ3v) is 3.79. The summed E-state index contributed by atoms with van der Waals surface area (Å²) in [7, 11) is 0. The first kappa shape index (κ1) is 13.0. The van der Waals surface area contributed by atoms with E-state index in [-0.39, 0.29) is 28.8 Å². The summed E-state index contributed by atoms with van der Waals surface area (Å²) in [6.45, 7) is 0. The zero-order valence-corrected chi connectivity index (χ0v) is 10.4. The number of nitrogens with zero attached hydrogens (tertiary/aromatic N) is 1. The molecule has 3 N–H and O–H groups in total. The molecule has 2 rings (SSSR count). The van der Waals surface area contributed by atoms with Gasteiger partial charge in [0.2, 0.25) is 0 Å². The first-order valence-electron chi connectivity index (χ1n) is 5.74. The van der Waals surface area contributed by atoms with Gasteiger partial charge in [-0.25, -0.2) is 9.78 Å². The third-order valence-electron chi connectivity index (χ3n) is 2.95. The maximum atomic E-state index is 11.8. The number of nitrogens with one attached hydrogen (secondary N) is 1. The van der Waals surface area contributed by atoms with Crippen molar-refractivity contribution in [3.05, 3.63) is 16.1 Å². The predicted molar refractivity (Wildman–Crippen MR) is 64.8 cm³/mol. The van der Waals surface area contributed by atoms with Crippen molar-refractivity contribution in [1.82, 2.24) is 10.3 Å². The van der Waals surface area contributed by atoms with Crippen molar-refractivity contribution in [2.45, 2.75) is 37.8 Å². The molecule has 1 aromatic rings. The van der Waals surface area contributed by atoms with Gasteiger partial charge in [0, 0.05) is 11.4 Å². The number of aromatic carboxylic acids is 1. The van der Waals surface area contributed by atoms with Crippen LogP contribution in [0.25, 0.3) is 0 Å². The van der Waals surface area contributed by atoms with Gasteiger partial charge in [-0.3, -0.25) is 4.79 Å². The summed E-state index contributed by atoms with van der Waals surface area (Å²) in [5.41, 5.74) is -0.107. The largest absolute Gasteiger partial charge is 0.476 e. The van der Waals surface area contributed by atoms with Crippen LogP contribution in [0.1, 0.15) is 46.0 Å². The molecule has 1 heterocycles. The Kier molecular flexibility index (Phi) is 3.93. The van der Waals surface area contributed by atoms with E-state index >= 15 is 0 Å². The number of aliphatic hydroxyl groups excluding tert-OH is 1. The molecule has 1 aliphatic rings. The van der Waals surface area contributed by atoms with E-state index in [4.69, 9.17) is 5.11 Å². The molecule has 1 saturated carbocycles. The lowest BCUT2D eigenvalue weighted by Gasteiger charge is -2.25. The number of aliphatic hydroxyl groups is 1. The van der Waals surface area contributed by atoms with Crippen molar-refractivity contribution >= 4 is 23.2 Å². The van der Waals surface area contributed by atoms with Crippen LogP contribution >= 0.6 is 11.3 Å². The molecule has 1 amide bonds. The molecule has 0 radical (unpaired) electrons. The molecule has 0 spiro atoms. The number of carbonyl (C=O) groups excluding carboxylic acids is 1. The lowest BCUT2D eigenvalue weighted by molar-refractivity contribution is 0.0691. The molecule has 0 saturated heterocycles. The maximum Gasteiger partial charge on any atom is 0.355 e. The Hall–Kier alpha value is -1.47. The van der Waals surface area contributed by atoms with Crippen LogP contribution < -0.4 is 5.32 Å². The van der Waals surface area contributed by atoms with Gasteiger partial charge in [-0.1, -0.05) is 0 Å². The minimum absolute atomic E-state index is 0.0399. The van der Waals surface area contributed by atoms with Crippen molar-refractivity contribution in [1.29, 1.82) is 0 Å². The van der Waals surface area contributed by atoms with Crippen LogP contribution in [0.15, 0.2) is 5.38 Å². The van der Waals surface area contributed by atoms with Crippen LogP contribution in [0.3, 0.4) is 0 Å². The van der Waals surface area contributed by atoms with Crippen LogP contribution in [-0.4, -0.2) is 39.2 Å². The minimum atomic E-state index is -1.13. The van der Waals surface area contributed by atoms with Crippen LogP contribution in [0.4, 0.5) is 0 Å². The highest BCUT2D eigenvalue weighted by atomic mass is 32.1. The molecule has 0 atom stereocenters. The summed E-state index contributed by atoms with van der Waals surface area (Å²) in [6.07, 6.45) is 2.58. The minimum Gasteiger partial charge on any atom is -0.476 e. The van der Waals surface area contributed by atoms with E-state index < -0.39 is 5.97 Å². The molecule has 18 heavy (non-hydrogen) atoms. The zero-order valence-electron chi connectivity index (χ0n) is 9.63. The summed E-state index contributed by atoms with van der Waals surface area (Å²) >= 11 is 1.02. The summed E-state index contributed by atoms with van der Waals surface area (Å²) in [5, 5.41) is 22.4. The number of thiazole rings is 1. The number of aromatic nitrogens is 1. The lowest BCUT2D eigenvalue weighted by Crippen LogP contribution is -2.38. The van der Waals surface area contributed by atoms with Gasteiger partial charge in [0.25, 0.3) is 5.91 Å². The molecular weight excluding hydrogens is 256 g/mol. The van der Waals surface area contributed by atoms with Crippen molar-refractivity contribution in [3.8, 4) is 0 Å². The first-order valence-corrected chi connectivity index (χ1v) is 6.62. The maximum absolute atomic E-state index is 11.8. The standard InChI is InChI=1S/C11H14N2O4S/c14-7-3-1-6(2-4-7)12-9(15)10-13-8(5-18-10)11(16)17/h5-7,14H,1-4H2,(H,12,15)(H,16,17). The Bertz CT molecular complexity index is 452. The van der Waals surface area contributed by atoms with Crippen LogP contribution in [0.2, 0.25) is 0 Å². The molecule has 1 fully saturated rings. The molecule has 0 bridgehead atoms. The monoisotopic (exact) mass is 270 g/mol. The Morgan fingerprint density at radius 1 is 1.33 bits per heavy atom. The van der Waals surface area contributed by atoms with Gasteiger partial charge in [0.05, 0.1) is 6.10 Å². The average Bonchev–Trinajstić information content (AvgIpc) is 2.81. The highest BCUT2D eigenvalue weighted by molar-refractivity contribution is 7.11. The Labute approximate surface area is 108 Å². The van der Waals surface area contributed by atoms with Gasteiger partial charge >= 0.3 is 5.97 Å². The number of hydrogen-bond acceptors (Lipinski definition) is 5. The molecular formula is C11H14N2O4S. The van der Waals surface area contributed by atoms with Gasteiger partial charge in [-0.2, -0.15) is 0 Å². The normalized spacial score (nSPS) is 23.6. The molecule has 98 valence electrons. The first-order chi connectivity index (χ1) is 8.56. The van der Waals surface area contributed by atoms with Crippen molar-refractivity contribution in [2.75, 3.05) is 0 Å². The highest BCUT2D eigenvalue weighted by Gasteiger charge is 2.22. The van der Waals surface area contributed by atoms with E-state index in [0.717, 1.165) is 24.2 Å². The van der Waals surface area contributed by atoms with Crippen molar-refractivity contribution in [2.24, 2.45) is 0 Å². The molecule has 0 unspecified atom stereocenters. The lowest BCUT2D eigenvalue weighted by atomic mass is 9.93. The molecule has 1 aliphatic carbocycles. The average molecular weight is 270 g/mol. The number of carboxylic acids is 1. The SMILES string of the molecule is O=C(O)c1csc(C(=O)NC2CCC(O)CC2)n1. The predicted octanol–water partition coefficient (Wildman–Crippen LogP) is 0.875. The fourth-order valence-electron chi connectivity index (χ4n) is 1.94. The van der Waals surface area contributed by atoms with Crippen molar-refractivity contribution < 1.29 is 19.8 Å². The summed E-state index contributed by atoms with van der Waals surface area (Å²) in [4.78, 5) is 26.2.